The third kappa shape index (κ3) is 8.85. The van der Waals surface area contributed by atoms with E-state index >= 15 is 0 Å². The second-order valence-electron chi connectivity index (χ2n) is 11.5. The lowest BCUT2D eigenvalue weighted by Gasteiger charge is -2.25. The number of alkyl carbamates (subject to hydrolysis) is 1. The predicted molar refractivity (Wildman–Crippen MR) is 151 cm³/mol. The van der Waals surface area contributed by atoms with Crippen LogP contribution in [0.5, 0.6) is 0 Å². The number of nitrogens with one attached hydrogen (secondary N) is 2. The molecule has 4 N–H and O–H groups in total. The molecular formula is C29H44N6O4. The van der Waals surface area contributed by atoms with Gasteiger partial charge in [-0.1, -0.05) is 11.8 Å². The molecule has 10 heteroatoms. The maximum Gasteiger partial charge on any atom is 0.408 e. The number of likely N-dealkylation sites (tertiary alicyclic amines) is 1. The van der Waals surface area contributed by atoms with Gasteiger partial charge in [0.1, 0.15) is 17.5 Å². The highest BCUT2D eigenvalue weighted by Crippen LogP contribution is 2.52. The van der Waals surface area contributed by atoms with Crippen LogP contribution < -0.4 is 16.4 Å². The quantitative estimate of drug-likeness (QED) is 0.389. The zero-order valence-electron chi connectivity index (χ0n) is 24.0. The molecule has 1 spiro atoms. The van der Waals surface area contributed by atoms with Crippen LogP contribution in [0.3, 0.4) is 0 Å². The van der Waals surface area contributed by atoms with Crippen molar-refractivity contribution in [2.24, 2.45) is 5.41 Å². The van der Waals surface area contributed by atoms with Crippen molar-refractivity contribution in [1.82, 2.24) is 25.4 Å². The van der Waals surface area contributed by atoms with E-state index in [0.29, 0.717) is 17.8 Å². The summed E-state index contributed by atoms with van der Waals surface area (Å²) in [5.74, 6) is 6.13. The van der Waals surface area contributed by atoms with Gasteiger partial charge in [-0.25, -0.2) is 9.78 Å². The molecule has 214 valence electrons. The van der Waals surface area contributed by atoms with Crippen LogP contribution in [0, 0.1) is 17.3 Å². The molecule has 0 radical (unpaired) electrons. The van der Waals surface area contributed by atoms with Crippen LogP contribution in [0.25, 0.3) is 0 Å². The van der Waals surface area contributed by atoms with Crippen molar-refractivity contribution >= 4 is 23.7 Å². The van der Waals surface area contributed by atoms with Gasteiger partial charge in [0.15, 0.2) is 0 Å². The molecule has 3 rings (SSSR count). The minimum atomic E-state index is -0.887. The minimum absolute atomic E-state index is 0.0200. The lowest BCUT2D eigenvalue weighted by atomic mass is 10.00. The number of carbonyl (C=O) groups is 3. The average molecular weight is 541 g/mol. The normalized spacial score (nSPS) is 18.5. The number of amides is 3. The summed E-state index contributed by atoms with van der Waals surface area (Å²) < 4.78 is 5.39. The summed E-state index contributed by atoms with van der Waals surface area (Å²) in [6.45, 7) is 13.2. The van der Waals surface area contributed by atoms with Gasteiger partial charge in [-0.15, -0.1) is 0 Å². The van der Waals surface area contributed by atoms with Crippen LogP contribution in [0.15, 0.2) is 18.3 Å². The van der Waals surface area contributed by atoms with Gasteiger partial charge in [-0.05, 0) is 72.6 Å². The Morgan fingerprint density at radius 1 is 1.28 bits per heavy atom. The third-order valence-electron chi connectivity index (χ3n) is 7.28. The van der Waals surface area contributed by atoms with Crippen LogP contribution in [-0.2, 0) is 14.3 Å². The van der Waals surface area contributed by atoms with E-state index in [-0.39, 0.29) is 29.7 Å². The molecule has 2 aliphatic rings. The zero-order valence-corrected chi connectivity index (χ0v) is 24.0. The van der Waals surface area contributed by atoms with Gasteiger partial charge in [0.25, 0.3) is 0 Å². The van der Waals surface area contributed by atoms with E-state index in [0.717, 1.165) is 52.0 Å². The van der Waals surface area contributed by atoms with Gasteiger partial charge >= 0.3 is 6.09 Å². The Labute approximate surface area is 232 Å². The van der Waals surface area contributed by atoms with Gasteiger partial charge in [0.2, 0.25) is 11.8 Å². The average Bonchev–Trinajstić information content (AvgIpc) is 3.56. The number of hydrogen-bond acceptors (Lipinski definition) is 7. The fraction of sp³-hybridized carbons (Fsp3) is 0.655. The van der Waals surface area contributed by atoms with Crippen molar-refractivity contribution < 1.29 is 19.1 Å². The van der Waals surface area contributed by atoms with E-state index in [1.165, 1.54) is 0 Å². The van der Waals surface area contributed by atoms with Gasteiger partial charge < -0.3 is 30.9 Å². The monoisotopic (exact) mass is 540 g/mol. The molecule has 1 saturated heterocycles. The lowest BCUT2D eigenvalue weighted by molar-refractivity contribution is -0.131. The third-order valence-corrected chi connectivity index (χ3v) is 7.28. The fourth-order valence-electron chi connectivity index (χ4n) is 5.00. The van der Waals surface area contributed by atoms with Crippen molar-refractivity contribution in [3.05, 3.63) is 23.9 Å². The minimum Gasteiger partial charge on any atom is -0.444 e. The molecule has 0 aromatic carbocycles. The topological polar surface area (TPSA) is 130 Å². The number of nitrogen functional groups attached to an aromatic ring is 1. The van der Waals surface area contributed by atoms with Crippen molar-refractivity contribution in [1.29, 1.82) is 0 Å². The molecule has 39 heavy (non-hydrogen) atoms. The molecule has 2 atom stereocenters. The summed E-state index contributed by atoms with van der Waals surface area (Å²) in [5.41, 5.74) is 5.81. The molecule has 1 aliphatic heterocycles. The van der Waals surface area contributed by atoms with Crippen LogP contribution in [0.1, 0.15) is 72.3 Å². The molecule has 3 amide bonds. The highest BCUT2D eigenvalue weighted by Gasteiger charge is 2.55. The second kappa shape index (κ2) is 13.2. The summed E-state index contributed by atoms with van der Waals surface area (Å²) in [7, 11) is 0. The van der Waals surface area contributed by atoms with E-state index in [2.05, 4.69) is 32.4 Å². The smallest absolute Gasteiger partial charge is 0.408 e. The van der Waals surface area contributed by atoms with E-state index in [1.54, 1.807) is 39.1 Å². The molecule has 1 aliphatic carbocycles. The molecule has 2 fully saturated rings. The Kier molecular flexibility index (Phi) is 10.2. The highest BCUT2D eigenvalue weighted by molar-refractivity contribution is 5.86. The van der Waals surface area contributed by atoms with Crippen molar-refractivity contribution in [3.63, 3.8) is 0 Å². The number of hydrogen-bond donors (Lipinski definition) is 3. The lowest BCUT2D eigenvalue weighted by Crippen LogP contribution is -2.52. The molecular weight excluding hydrogens is 496 g/mol. The van der Waals surface area contributed by atoms with Gasteiger partial charge in [-0.2, -0.15) is 0 Å². The maximum atomic E-state index is 13.4. The molecule has 2 heterocycles. The van der Waals surface area contributed by atoms with Gasteiger partial charge in [0.05, 0.1) is 5.56 Å². The number of aromatic nitrogens is 1. The number of rotatable bonds is 10. The van der Waals surface area contributed by atoms with Crippen molar-refractivity contribution in [2.75, 3.05) is 38.5 Å². The Balaban J connectivity index is 1.61. The largest absolute Gasteiger partial charge is 0.444 e. The van der Waals surface area contributed by atoms with Crippen LogP contribution in [-0.4, -0.2) is 83.1 Å². The van der Waals surface area contributed by atoms with Crippen LogP contribution in [0.2, 0.25) is 0 Å². The number of carbonyl (C=O) groups excluding carboxylic acids is 3. The van der Waals surface area contributed by atoms with E-state index in [1.807, 2.05) is 18.7 Å². The first-order valence-electron chi connectivity index (χ1n) is 14.0. The number of ether oxygens (including phenoxy) is 1. The molecule has 0 unspecified atom stereocenters. The Morgan fingerprint density at radius 3 is 2.62 bits per heavy atom. The first kappa shape index (κ1) is 30.2. The first-order valence-corrected chi connectivity index (χ1v) is 14.0. The molecule has 1 saturated carbocycles. The number of pyridine rings is 1. The Morgan fingerprint density at radius 2 is 2.00 bits per heavy atom. The Bertz CT molecular complexity index is 1080. The van der Waals surface area contributed by atoms with Crippen LogP contribution >= 0.6 is 0 Å². The summed E-state index contributed by atoms with van der Waals surface area (Å²) in [6.07, 6.45) is 4.44. The number of nitrogens with two attached hydrogens (primary N) is 1. The Hall–Kier alpha value is -3.32. The summed E-state index contributed by atoms with van der Waals surface area (Å²) >= 11 is 0. The van der Waals surface area contributed by atoms with Crippen molar-refractivity contribution in [2.45, 2.75) is 84.4 Å². The van der Waals surface area contributed by atoms with Crippen LogP contribution in [0.4, 0.5) is 10.6 Å². The maximum absolute atomic E-state index is 13.4. The molecule has 10 nitrogen and oxygen atoms in total. The highest BCUT2D eigenvalue weighted by atomic mass is 16.6. The van der Waals surface area contributed by atoms with Crippen molar-refractivity contribution in [3.8, 4) is 11.8 Å². The van der Waals surface area contributed by atoms with Gasteiger partial charge in [-0.3, -0.25) is 9.59 Å². The number of nitrogens with zero attached hydrogens (tertiary/aromatic N) is 3. The second-order valence-corrected chi connectivity index (χ2v) is 11.5. The first-order chi connectivity index (χ1) is 18.5. The standard InChI is InChI=1S/C29H44N6O4/c1-6-35(7-2)24(36)14-10-18-34-19-23(29(20-34)15-16-29)33-26(37)22(32-27(38)39-28(3,4)5)13-8-11-21-12-9-17-31-25(21)30/h9,12,17,22-23H,6-7,10,13-16,18-20H2,1-5H3,(H2,30,31)(H,32,38)(H,33,37)/t22-,23-/m0/s1. The molecule has 0 bridgehead atoms. The van der Waals surface area contributed by atoms with E-state index in [9.17, 15) is 14.4 Å². The zero-order chi connectivity index (χ0) is 28.6. The summed E-state index contributed by atoms with van der Waals surface area (Å²) in [6, 6.07) is 2.59. The van der Waals surface area contributed by atoms with E-state index in [4.69, 9.17) is 10.5 Å². The van der Waals surface area contributed by atoms with E-state index < -0.39 is 17.7 Å². The SMILES string of the molecule is CCN(CC)C(=O)CCCN1C[C@H](NC(=O)[C@H](CC#Cc2cccnc2N)NC(=O)OC(C)(C)C)C2(CC2)C1. The molecule has 1 aromatic rings. The predicted octanol–water partition coefficient (Wildman–Crippen LogP) is 2.53. The molecule has 1 aromatic heterocycles. The number of anilines is 1. The summed E-state index contributed by atoms with van der Waals surface area (Å²) in [5, 5.41) is 5.89. The van der Waals surface area contributed by atoms with Gasteiger partial charge in [0, 0.05) is 56.7 Å². The summed E-state index contributed by atoms with van der Waals surface area (Å²) in [4.78, 5) is 46.5. The fourth-order valence-corrected chi connectivity index (χ4v) is 5.00.